The summed E-state index contributed by atoms with van der Waals surface area (Å²) in [7, 11) is 0. The second-order valence-corrected chi connectivity index (χ2v) is 16.3. The van der Waals surface area contributed by atoms with Crippen molar-refractivity contribution in [2.45, 2.75) is 105 Å². The van der Waals surface area contributed by atoms with E-state index in [1.807, 2.05) is 85.7 Å². The number of nitrogens with two attached hydrogens (primary N) is 1. The maximum atomic E-state index is 14.3. The third-order valence-corrected chi connectivity index (χ3v) is 10.0. The SMILES string of the molecule is CC(C)(C)[C@H](NC(=O)N[C@H](C(=O)N1C[C@H]2C([C@H]1C(=O)NC(CC1CC1)C(=O)C(N)=O)C2(C)C)C(C)(C)C)C(=O)NCc1ccccc1. The highest BCUT2D eigenvalue weighted by Crippen LogP contribution is 2.65. The molecule has 12 heteroatoms. The van der Waals surface area contributed by atoms with E-state index in [1.54, 1.807) is 0 Å². The predicted octanol–water partition coefficient (Wildman–Crippen LogP) is 2.25. The van der Waals surface area contributed by atoms with E-state index in [-0.39, 0.29) is 29.1 Å². The van der Waals surface area contributed by atoms with Gasteiger partial charge in [-0.1, -0.05) is 98.6 Å². The Bertz CT molecular complexity index is 1390. The number of benzene rings is 1. The molecule has 0 spiro atoms. The van der Waals surface area contributed by atoms with Gasteiger partial charge in [0, 0.05) is 13.1 Å². The number of fused-ring (bicyclic) bond motifs is 1. The lowest BCUT2D eigenvalue weighted by atomic mass is 9.84. The zero-order chi connectivity index (χ0) is 35.1. The van der Waals surface area contributed by atoms with Gasteiger partial charge < -0.3 is 31.9 Å². The first-order valence-electron chi connectivity index (χ1n) is 16.6. The molecular weight excluding hydrogens is 600 g/mol. The number of primary amides is 1. The van der Waals surface area contributed by atoms with Crippen molar-refractivity contribution < 1.29 is 28.8 Å². The highest BCUT2D eigenvalue weighted by Gasteiger charge is 2.70. The molecule has 4 rings (SSSR count). The van der Waals surface area contributed by atoms with Crippen molar-refractivity contribution in [2.75, 3.05) is 6.54 Å². The molecule has 3 aliphatic rings. The summed E-state index contributed by atoms with van der Waals surface area (Å²) >= 11 is 0. The molecule has 0 bridgehead atoms. The molecule has 1 aromatic carbocycles. The van der Waals surface area contributed by atoms with E-state index in [0.717, 1.165) is 18.4 Å². The van der Waals surface area contributed by atoms with Crippen LogP contribution >= 0.6 is 0 Å². The fourth-order valence-corrected chi connectivity index (χ4v) is 6.84. The van der Waals surface area contributed by atoms with Crippen LogP contribution in [-0.4, -0.2) is 71.1 Å². The van der Waals surface area contributed by atoms with E-state index in [9.17, 15) is 28.8 Å². The van der Waals surface area contributed by atoms with Gasteiger partial charge in [-0.15, -0.1) is 0 Å². The molecule has 6 N–H and O–H groups in total. The molecule has 1 saturated heterocycles. The number of amides is 6. The molecule has 1 aliphatic heterocycles. The number of nitrogens with zero attached hydrogens (tertiary/aromatic N) is 1. The number of carbonyl (C=O) groups excluding carboxylic acids is 6. The number of carbonyl (C=O) groups is 6. The molecule has 12 nitrogen and oxygen atoms in total. The van der Waals surface area contributed by atoms with E-state index < -0.39 is 64.5 Å². The fourth-order valence-electron chi connectivity index (χ4n) is 6.84. The smallest absolute Gasteiger partial charge is 0.316 e. The van der Waals surface area contributed by atoms with Gasteiger partial charge in [-0.2, -0.15) is 0 Å². The van der Waals surface area contributed by atoms with Crippen LogP contribution in [0, 0.1) is 34.0 Å². The van der Waals surface area contributed by atoms with E-state index in [2.05, 4.69) is 21.3 Å². The van der Waals surface area contributed by atoms with Crippen molar-refractivity contribution in [2.24, 2.45) is 39.7 Å². The molecule has 47 heavy (non-hydrogen) atoms. The van der Waals surface area contributed by atoms with Crippen LogP contribution in [0.15, 0.2) is 30.3 Å². The molecule has 2 unspecified atom stereocenters. The van der Waals surface area contributed by atoms with Gasteiger partial charge in [0.1, 0.15) is 18.1 Å². The summed E-state index contributed by atoms with van der Waals surface area (Å²) in [5, 5.41) is 11.3. The first-order chi connectivity index (χ1) is 21.7. The summed E-state index contributed by atoms with van der Waals surface area (Å²) in [6.45, 7) is 15.7. The van der Waals surface area contributed by atoms with Crippen LogP contribution in [-0.2, 0) is 30.5 Å². The fraction of sp³-hybridized carbons (Fsp3) is 0.657. The summed E-state index contributed by atoms with van der Waals surface area (Å²) in [5.74, 6) is -3.10. The number of hydrogen-bond donors (Lipinski definition) is 5. The summed E-state index contributed by atoms with van der Waals surface area (Å²) in [6, 6.07) is 4.87. The third-order valence-electron chi connectivity index (χ3n) is 10.0. The third kappa shape index (κ3) is 8.31. The molecule has 6 atom stereocenters. The van der Waals surface area contributed by atoms with E-state index in [1.165, 1.54) is 4.90 Å². The number of ketones is 1. The van der Waals surface area contributed by atoms with Crippen molar-refractivity contribution in [3.05, 3.63) is 35.9 Å². The Hall–Kier alpha value is -3.96. The van der Waals surface area contributed by atoms with E-state index >= 15 is 0 Å². The highest BCUT2D eigenvalue weighted by atomic mass is 16.2. The lowest BCUT2D eigenvalue weighted by molar-refractivity contribution is -0.145. The van der Waals surface area contributed by atoms with E-state index in [0.29, 0.717) is 19.5 Å². The Morgan fingerprint density at radius 1 is 0.894 bits per heavy atom. The van der Waals surface area contributed by atoms with Crippen LogP contribution in [0.25, 0.3) is 0 Å². The minimum atomic E-state index is -1.11. The maximum absolute atomic E-state index is 14.3. The van der Waals surface area contributed by atoms with Gasteiger partial charge >= 0.3 is 6.03 Å². The Morgan fingerprint density at radius 3 is 2.00 bits per heavy atom. The molecule has 2 aliphatic carbocycles. The average Bonchev–Trinajstić information content (AvgIpc) is 3.83. The molecule has 1 heterocycles. The van der Waals surface area contributed by atoms with E-state index in [4.69, 9.17) is 5.73 Å². The molecular formula is C35H52N6O6. The second-order valence-electron chi connectivity index (χ2n) is 16.3. The van der Waals surface area contributed by atoms with Crippen LogP contribution < -0.4 is 27.0 Å². The lowest BCUT2D eigenvalue weighted by Gasteiger charge is -2.38. The molecule has 1 aromatic rings. The zero-order valence-corrected chi connectivity index (χ0v) is 28.9. The zero-order valence-electron chi connectivity index (χ0n) is 28.9. The quantitative estimate of drug-likeness (QED) is 0.216. The molecule has 6 amide bonds. The number of urea groups is 1. The monoisotopic (exact) mass is 652 g/mol. The number of hydrogen-bond acceptors (Lipinski definition) is 6. The van der Waals surface area contributed by atoms with Crippen LogP contribution in [0.2, 0.25) is 0 Å². The molecule has 0 radical (unpaired) electrons. The molecule has 3 fully saturated rings. The summed E-state index contributed by atoms with van der Waals surface area (Å²) in [4.78, 5) is 80.8. The predicted molar refractivity (Wildman–Crippen MR) is 176 cm³/mol. The summed E-state index contributed by atoms with van der Waals surface area (Å²) < 4.78 is 0. The van der Waals surface area contributed by atoms with Gasteiger partial charge in [0.05, 0.1) is 6.04 Å². The van der Waals surface area contributed by atoms with Gasteiger partial charge in [-0.25, -0.2) is 4.79 Å². The highest BCUT2D eigenvalue weighted by molar-refractivity contribution is 6.37. The first kappa shape index (κ1) is 35.9. The number of Topliss-reactive ketones (excluding diaryl/α,β-unsaturated/α-hetero) is 1. The van der Waals surface area contributed by atoms with Crippen LogP contribution in [0.4, 0.5) is 4.79 Å². The number of rotatable bonds is 12. The second kappa shape index (κ2) is 13.3. The Labute approximate surface area is 277 Å². The summed E-state index contributed by atoms with van der Waals surface area (Å²) in [6.07, 6.45) is 2.15. The Morgan fingerprint density at radius 2 is 1.47 bits per heavy atom. The largest absolute Gasteiger partial charge is 0.363 e. The Balaban J connectivity index is 1.50. The van der Waals surface area contributed by atoms with Gasteiger partial charge in [-0.05, 0) is 46.0 Å². The topological polar surface area (TPSA) is 180 Å². The van der Waals surface area contributed by atoms with Crippen molar-refractivity contribution in [1.29, 1.82) is 0 Å². The van der Waals surface area contributed by atoms with Crippen LogP contribution in [0.5, 0.6) is 0 Å². The van der Waals surface area contributed by atoms with Gasteiger partial charge in [-0.3, -0.25) is 24.0 Å². The molecule has 2 saturated carbocycles. The maximum Gasteiger partial charge on any atom is 0.316 e. The van der Waals surface area contributed by atoms with Gasteiger partial charge in [0.15, 0.2) is 0 Å². The summed E-state index contributed by atoms with van der Waals surface area (Å²) in [5.41, 5.74) is 4.60. The molecule has 0 aromatic heterocycles. The lowest BCUT2D eigenvalue weighted by Crippen LogP contribution is -2.63. The van der Waals surface area contributed by atoms with Crippen LogP contribution in [0.1, 0.15) is 80.2 Å². The number of piperidine rings is 1. The normalized spacial score (nSPS) is 23.4. The van der Waals surface area contributed by atoms with Crippen molar-refractivity contribution in [3.8, 4) is 0 Å². The average molecular weight is 653 g/mol. The Kier molecular flexibility index (Phi) is 10.1. The van der Waals surface area contributed by atoms with Gasteiger partial charge in [0.25, 0.3) is 5.91 Å². The minimum absolute atomic E-state index is 0.0592. The standard InChI is InChI=1S/C35H52N6O6/c1-33(2,3)26(30(45)37-17-20-12-10-9-11-13-20)39-32(47)40-27(34(4,5)6)31(46)41-18-21-23(35(21,7)8)24(41)29(44)38-22(16-19-14-15-19)25(42)28(36)43/h9-13,19,21-24,26-27H,14-18H2,1-8H3,(H2,36,43)(H,37,45)(H,38,44)(H2,39,40,47)/t21-,22?,23?,24-,26+,27+/m0/s1. The number of nitrogens with one attached hydrogen (secondary N) is 4. The van der Waals surface area contributed by atoms with Crippen LogP contribution in [0.3, 0.4) is 0 Å². The van der Waals surface area contributed by atoms with Crippen molar-refractivity contribution in [1.82, 2.24) is 26.2 Å². The molecule has 258 valence electrons. The number of likely N-dealkylation sites (tertiary alicyclic amines) is 1. The minimum Gasteiger partial charge on any atom is -0.363 e. The van der Waals surface area contributed by atoms with Crippen molar-refractivity contribution in [3.63, 3.8) is 0 Å². The van der Waals surface area contributed by atoms with Gasteiger partial charge in [0.2, 0.25) is 23.5 Å². The van der Waals surface area contributed by atoms with Crippen molar-refractivity contribution >= 4 is 35.4 Å². The first-order valence-corrected chi connectivity index (χ1v) is 16.6.